The van der Waals surface area contributed by atoms with Crippen molar-refractivity contribution in [2.45, 2.75) is 39.3 Å². The van der Waals surface area contributed by atoms with Crippen molar-refractivity contribution in [1.29, 1.82) is 0 Å². The van der Waals surface area contributed by atoms with Crippen molar-refractivity contribution in [2.75, 3.05) is 20.2 Å². The summed E-state index contributed by atoms with van der Waals surface area (Å²) in [5, 5.41) is 2.89. The number of ether oxygens (including phenoxy) is 3. The summed E-state index contributed by atoms with van der Waals surface area (Å²) in [4.78, 5) is 41.2. The molecule has 45 heavy (non-hydrogen) atoms. The summed E-state index contributed by atoms with van der Waals surface area (Å²) in [5.74, 6) is -0.173. The molecule has 0 spiro atoms. The van der Waals surface area contributed by atoms with Gasteiger partial charge in [-0.3, -0.25) is 4.79 Å². The van der Waals surface area contributed by atoms with Crippen LogP contribution < -0.4 is 14.8 Å². The first-order valence-corrected chi connectivity index (χ1v) is 15.1. The van der Waals surface area contributed by atoms with Gasteiger partial charge in [0.2, 0.25) is 0 Å². The second-order valence-corrected chi connectivity index (χ2v) is 11.1. The maximum atomic E-state index is 13.6. The molecule has 234 valence electrons. The van der Waals surface area contributed by atoms with Crippen LogP contribution in [0.25, 0.3) is 11.1 Å². The fourth-order valence-corrected chi connectivity index (χ4v) is 4.78. The van der Waals surface area contributed by atoms with Gasteiger partial charge in [0.05, 0.1) is 13.5 Å². The van der Waals surface area contributed by atoms with Crippen LogP contribution >= 0.6 is 0 Å². The number of carbonyl (C=O) groups is 3. The van der Waals surface area contributed by atoms with Gasteiger partial charge in [-0.25, -0.2) is 9.59 Å². The van der Waals surface area contributed by atoms with Crippen molar-refractivity contribution in [3.63, 3.8) is 0 Å². The summed E-state index contributed by atoms with van der Waals surface area (Å²) in [7, 11) is 1.50. The minimum Gasteiger partial charge on any atom is -0.493 e. The molecule has 0 aromatic heterocycles. The van der Waals surface area contributed by atoms with Gasteiger partial charge in [-0.05, 0) is 40.3 Å². The molecule has 4 aromatic rings. The van der Waals surface area contributed by atoms with Gasteiger partial charge in [0, 0.05) is 19.5 Å². The molecule has 2 amide bonds. The lowest BCUT2D eigenvalue weighted by atomic mass is 10.0. The first kappa shape index (κ1) is 32.8. The van der Waals surface area contributed by atoms with Gasteiger partial charge in [-0.1, -0.05) is 111 Å². The van der Waals surface area contributed by atoms with E-state index in [0.717, 1.165) is 22.3 Å². The number of benzene rings is 4. The number of para-hydroxylation sites is 2. The molecule has 4 rings (SSSR count). The van der Waals surface area contributed by atoms with Gasteiger partial charge in [0.25, 0.3) is 0 Å². The Morgan fingerprint density at radius 1 is 0.733 bits per heavy atom. The number of hydrogen-bond acceptors (Lipinski definition) is 6. The quantitative estimate of drug-likeness (QED) is 0.127. The van der Waals surface area contributed by atoms with E-state index in [9.17, 15) is 14.4 Å². The third-order valence-corrected chi connectivity index (χ3v) is 7.06. The molecule has 0 radical (unpaired) electrons. The van der Waals surface area contributed by atoms with Crippen LogP contribution in [0.2, 0.25) is 0 Å². The average molecular weight is 609 g/mol. The highest BCUT2D eigenvalue weighted by molar-refractivity contribution is 5.84. The number of carbonyl (C=O) groups excluding carboxylic acids is 3. The monoisotopic (exact) mass is 608 g/mol. The van der Waals surface area contributed by atoms with E-state index < -0.39 is 24.0 Å². The van der Waals surface area contributed by atoms with E-state index in [0.29, 0.717) is 18.0 Å². The van der Waals surface area contributed by atoms with Crippen LogP contribution in [0, 0.1) is 5.92 Å². The minimum atomic E-state index is -0.945. The van der Waals surface area contributed by atoms with Crippen LogP contribution in [-0.2, 0) is 27.4 Å². The number of hydrogen-bond donors (Lipinski definition) is 1. The standard InChI is InChI=1S/C37H40N2O6/c1-27(2)25-39(23-22-35(40)45-34-17-11-10-16-33(34)43-3)37(42)38-32(36(41)44-26-29-12-6-4-7-13-29)24-28-18-20-31(21-19-28)30-14-8-5-9-15-30/h4-21,27,32H,22-26H2,1-3H3,(H,38,42)/t32-/m0/s1. The molecule has 8 nitrogen and oxygen atoms in total. The van der Waals surface area contributed by atoms with Gasteiger partial charge in [-0.15, -0.1) is 0 Å². The zero-order chi connectivity index (χ0) is 32.0. The Morgan fingerprint density at radius 2 is 1.33 bits per heavy atom. The minimum absolute atomic E-state index is 0.0394. The highest BCUT2D eigenvalue weighted by Gasteiger charge is 2.26. The van der Waals surface area contributed by atoms with E-state index in [-0.39, 0.29) is 31.9 Å². The molecule has 0 bridgehead atoms. The molecular weight excluding hydrogens is 568 g/mol. The molecule has 0 heterocycles. The van der Waals surface area contributed by atoms with Crippen molar-refractivity contribution in [3.05, 3.63) is 120 Å². The Bertz CT molecular complexity index is 1520. The largest absolute Gasteiger partial charge is 0.493 e. The van der Waals surface area contributed by atoms with Crippen LogP contribution in [0.4, 0.5) is 4.79 Å². The predicted molar refractivity (Wildman–Crippen MR) is 174 cm³/mol. The number of rotatable bonds is 14. The topological polar surface area (TPSA) is 94.2 Å². The van der Waals surface area contributed by atoms with E-state index in [1.54, 1.807) is 24.3 Å². The highest BCUT2D eigenvalue weighted by atomic mass is 16.6. The fraction of sp³-hybridized carbons (Fsp3) is 0.270. The summed E-state index contributed by atoms with van der Waals surface area (Å²) >= 11 is 0. The second-order valence-electron chi connectivity index (χ2n) is 11.1. The number of esters is 2. The fourth-order valence-electron chi connectivity index (χ4n) is 4.78. The lowest BCUT2D eigenvalue weighted by Gasteiger charge is -2.27. The third kappa shape index (κ3) is 10.2. The second kappa shape index (κ2) is 16.7. The summed E-state index contributed by atoms with van der Waals surface area (Å²) < 4.78 is 16.4. The van der Waals surface area contributed by atoms with Crippen molar-refractivity contribution < 1.29 is 28.6 Å². The van der Waals surface area contributed by atoms with Crippen molar-refractivity contribution in [2.24, 2.45) is 5.92 Å². The summed E-state index contributed by atoms with van der Waals surface area (Å²) in [5.41, 5.74) is 3.85. The van der Waals surface area contributed by atoms with E-state index in [2.05, 4.69) is 5.32 Å². The summed E-state index contributed by atoms with van der Waals surface area (Å²) in [6, 6.07) is 32.8. The molecular formula is C37H40N2O6. The van der Waals surface area contributed by atoms with Crippen molar-refractivity contribution in [3.8, 4) is 22.6 Å². The predicted octanol–water partition coefficient (Wildman–Crippen LogP) is 6.68. The lowest BCUT2D eigenvalue weighted by Crippen LogP contribution is -2.50. The molecule has 8 heteroatoms. The third-order valence-electron chi connectivity index (χ3n) is 7.06. The van der Waals surface area contributed by atoms with Gasteiger partial charge in [0.1, 0.15) is 12.6 Å². The van der Waals surface area contributed by atoms with Crippen LogP contribution in [0.15, 0.2) is 109 Å². The number of urea groups is 1. The Labute approximate surface area is 264 Å². The smallest absolute Gasteiger partial charge is 0.329 e. The van der Waals surface area contributed by atoms with Crippen LogP contribution in [0.3, 0.4) is 0 Å². The van der Waals surface area contributed by atoms with Gasteiger partial charge in [-0.2, -0.15) is 0 Å². The molecule has 1 atom stereocenters. The Balaban J connectivity index is 1.46. The first-order valence-electron chi connectivity index (χ1n) is 15.1. The van der Waals surface area contributed by atoms with Gasteiger partial charge in [0.15, 0.2) is 11.5 Å². The molecule has 0 aliphatic carbocycles. The Hall–Kier alpha value is -5.11. The molecule has 1 N–H and O–H groups in total. The average Bonchev–Trinajstić information content (AvgIpc) is 3.06. The Morgan fingerprint density at radius 3 is 1.98 bits per heavy atom. The van der Waals surface area contributed by atoms with Crippen molar-refractivity contribution in [1.82, 2.24) is 10.2 Å². The zero-order valence-electron chi connectivity index (χ0n) is 26.0. The van der Waals surface area contributed by atoms with Gasteiger partial charge < -0.3 is 24.4 Å². The number of nitrogens with zero attached hydrogens (tertiary/aromatic N) is 1. The summed E-state index contributed by atoms with van der Waals surface area (Å²) in [6.45, 7) is 4.53. The summed E-state index contributed by atoms with van der Waals surface area (Å²) in [6.07, 6.45) is 0.196. The zero-order valence-corrected chi connectivity index (χ0v) is 26.0. The van der Waals surface area contributed by atoms with Crippen molar-refractivity contribution >= 4 is 18.0 Å². The molecule has 0 aliphatic heterocycles. The molecule has 0 fully saturated rings. The normalized spacial score (nSPS) is 11.4. The van der Waals surface area contributed by atoms with E-state index in [1.165, 1.54) is 12.0 Å². The van der Waals surface area contributed by atoms with Crippen LogP contribution in [-0.4, -0.2) is 49.1 Å². The number of nitrogens with one attached hydrogen (secondary N) is 1. The molecule has 4 aromatic carbocycles. The maximum Gasteiger partial charge on any atom is 0.329 e. The molecule has 0 aliphatic rings. The molecule has 0 unspecified atom stereocenters. The van der Waals surface area contributed by atoms with Crippen LogP contribution in [0.1, 0.15) is 31.4 Å². The Kier molecular flexibility index (Phi) is 12.1. The first-order chi connectivity index (χ1) is 21.8. The molecule has 0 saturated heterocycles. The van der Waals surface area contributed by atoms with E-state index in [1.807, 2.05) is 98.8 Å². The maximum absolute atomic E-state index is 13.6. The van der Waals surface area contributed by atoms with E-state index in [4.69, 9.17) is 14.2 Å². The molecule has 0 saturated carbocycles. The van der Waals surface area contributed by atoms with E-state index >= 15 is 0 Å². The SMILES string of the molecule is COc1ccccc1OC(=O)CCN(CC(C)C)C(=O)N[C@@H](Cc1ccc(-c2ccccc2)cc1)C(=O)OCc1ccccc1. The lowest BCUT2D eigenvalue weighted by molar-refractivity contribution is -0.147. The number of amides is 2. The van der Waals surface area contributed by atoms with Gasteiger partial charge >= 0.3 is 18.0 Å². The number of methoxy groups -OCH3 is 1. The van der Waals surface area contributed by atoms with Crippen LogP contribution in [0.5, 0.6) is 11.5 Å². The highest BCUT2D eigenvalue weighted by Crippen LogP contribution is 2.26.